The summed E-state index contributed by atoms with van der Waals surface area (Å²) in [7, 11) is 3.69. The summed E-state index contributed by atoms with van der Waals surface area (Å²) in [5, 5.41) is 8.54. The molecule has 6 nitrogen and oxygen atoms in total. The summed E-state index contributed by atoms with van der Waals surface area (Å²) in [6.07, 6.45) is 7.78. The summed E-state index contributed by atoms with van der Waals surface area (Å²) in [4.78, 5) is 2.38. The monoisotopic (exact) mass is 339 g/mol. The van der Waals surface area contributed by atoms with Crippen LogP contribution in [0, 0.1) is 0 Å². The van der Waals surface area contributed by atoms with Crippen LogP contribution < -0.4 is 0 Å². The van der Waals surface area contributed by atoms with Gasteiger partial charge in [-0.2, -0.15) is 10.2 Å². The van der Waals surface area contributed by atoms with Crippen LogP contribution in [0.3, 0.4) is 0 Å². The van der Waals surface area contributed by atoms with Gasteiger partial charge in [-0.05, 0) is 17.2 Å². The molecule has 6 heteroatoms. The quantitative estimate of drug-likeness (QED) is 0.600. The fraction of sp³-hybridized carbons (Fsp3) is 0.368. The van der Waals surface area contributed by atoms with E-state index in [1.807, 2.05) is 41.1 Å². The molecule has 0 aliphatic heterocycles. The normalized spacial score (nSPS) is 11.3. The molecule has 0 saturated carbocycles. The minimum atomic E-state index is 0.716. The van der Waals surface area contributed by atoms with Crippen molar-refractivity contribution < 1.29 is 4.74 Å². The van der Waals surface area contributed by atoms with E-state index in [1.165, 1.54) is 16.7 Å². The second-order valence-electron chi connectivity index (χ2n) is 6.25. The van der Waals surface area contributed by atoms with Gasteiger partial charge in [-0.3, -0.25) is 14.3 Å². The van der Waals surface area contributed by atoms with Crippen LogP contribution in [-0.4, -0.2) is 44.7 Å². The molecule has 25 heavy (non-hydrogen) atoms. The van der Waals surface area contributed by atoms with E-state index in [9.17, 15) is 0 Å². The smallest absolute Gasteiger partial charge is 0.0659 e. The van der Waals surface area contributed by atoms with Crippen LogP contribution in [0.25, 0.3) is 0 Å². The van der Waals surface area contributed by atoms with E-state index in [-0.39, 0.29) is 0 Å². The van der Waals surface area contributed by atoms with Crippen LogP contribution in [0.15, 0.2) is 55.1 Å². The Kier molecular flexibility index (Phi) is 5.98. The Balaban J connectivity index is 1.67. The predicted molar refractivity (Wildman–Crippen MR) is 97.0 cm³/mol. The molecule has 3 aromatic rings. The fourth-order valence-corrected chi connectivity index (χ4v) is 2.91. The molecule has 2 heterocycles. The third kappa shape index (κ3) is 5.27. The SMILES string of the molecule is COCCN(Cc1cccc(Cn2cccn2)c1)Cc1cnn(C)c1. The number of rotatable bonds is 9. The zero-order valence-electron chi connectivity index (χ0n) is 14.9. The highest BCUT2D eigenvalue weighted by atomic mass is 16.5. The lowest BCUT2D eigenvalue weighted by molar-refractivity contribution is 0.140. The number of nitrogens with zero attached hydrogens (tertiary/aromatic N) is 5. The maximum absolute atomic E-state index is 5.27. The van der Waals surface area contributed by atoms with Gasteiger partial charge in [-0.25, -0.2) is 0 Å². The summed E-state index contributed by atoms with van der Waals surface area (Å²) in [6.45, 7) is 4.13. The molecule has 0 aliphatic rings. The van der Waals surface area contributed by atoms with Crippen molar-refractivity contribution in [3.63, 3.8) is 0 Å². The standard InChI is InChI=1S/C19H25N5O/c1-22-13-19(12-21-22)15-23(9-10-25-2)14-17-5-3-6-18(11-17)16-24-8-4-7-20-24/h3-8,11-13H,9-10,14-16H2,1-2H3. The molecule has 0 radical (unpaired) electrons. The van der Waals surface area contributed by atoms with Gasteiger partial charge in [0.2, 0.25) is 0 Å². The zero-order chi connectivity index (χ0) is 17.5. The van der Waals surface area contributed by atoms with Crippen molar-refractivity contribution in [3.8, 4) is 0 Å². The van der Waals surface area contributed by atoms with Gasteiger partial charge < -0.3 is 4.74 Å². The first-order valence-electron chi connectivity index (χ1n) is 8.47. The lowest BCUT2D eigenvalue weighted by Crippen LogP contribution is -2.26. The third-order valence-electron chi connectivity index (χ3n) is 4.08. The van der Waals surface area contributed by atoms with Gasteiger partial charge in [0.15, 0.2) is 0 Å². The molecule has 3 rings (SSSR count). The Hall–Kier alpha value is -2.44. The van der Waals surface area contributed by atoms with Gasteiger partial charge in [0, 0.05) is 57.9 Å². The molecule has 132 valence electrons. The summed E-state index contributed by atoms with van der Waals surface area (Å²) in [5.74, 6) is 0. The van der Waals surface area contributed by atoms with Gasteiger partial charge in [-0.15, -0.1) is 0 Å². The number of ether oxygens (including phenoxy) is 1. The maximum atomic E-state index is 5.27. The minimum absolute atomic E-state index is 0.716. The molecule has 2 aromatic heterocycles. The van der Waals surface area contributed by atoms with Crippen molar-refractivity contribution in [2.75, 3.05) is 20.3 Å². The van der Waals surface area contributed by atoms with Gasteiger partial charge >= 0.3 is 0 Å². The minimum Gasteiger partial charge on any atom is -0.383 e. The number of hydrogen-bond donors (Lipinski definition) is 0. The number of hydrogen-bond acceptors (Lipinski definition) is 4. The van der Waals surface area contributed by atoms with Crippen LogP contribution >= 0.6 is 0 Å². The van der Waals surface area contributed by atoms with Crippen LogP contribution in [0.2, 0.25) is 0 Å². The van der Waals surface area contributed by atoms with Crippen LogP contribution in [-0.2, 0) is 31.4 Å². The van der Waals surface area contributed by atoms with E-state index in [0.29, 0.717) is 6.61 Å². The van der Waals surface area contributed by atoms with Crippen molar-refractivity contribution in [2.45, 2.75) is 19.6 Å². The second-order valence-corrected chi connectivity index (χ2v) is 6.25. The lowest BCUT2D eigenvalue weighted by atomic mass is 10.1. The number of aryl methyl sites for hydroxylation is 1. The highest BCUT2D eigenvalue weighted by molar-refractivity contribution is 5.23. The van der Waals surface area contributed by atoms with Crippen LogP contribution in [0.1, 0.15) is 16.7 Å². The molecule has 0 fully saturated rings. The number of methoxy groups -OCH3 is 1. The molecule has 0 amide bonds. The molecule has 0 bridgehead atoms. The van der Waals surface area contributed by atoms with E-state index in [4.69, 9.17) is 4.74 Å². The third-order valence-corrected chi connectivity index (χ3v) is 4.08. The van der Waals surface area contributed by atoms with Gasteiger partial charge in [0.05, 0.1) is 19.3 Å². The molecule has 0 unspecified atom stereocenters. The topological polar surface area (TPSA) is 48.1 Å². The second kappa shape index (κ2) is 8.60. The molecule has 0 spiro atoms. The summed E-state index contributed by atoms with van der Waals surface area (Å²) in [5.41, 5.74) is 3.77. The van der Waals surface area contributed by atoms with E-state index >= 15 is 0 Å². The average Bonchev–Trinajstić information content (AvgIpc) is 3.25. The Labute approximate surface area is 148 Å². The number of benzene rings is 1. The van der Waals surface area contributed by atoms with Crippen molar-refractivity contribution >= 4 is 0 Å². The maximum Gasteiger partial charge on any atom is 0.0659 e. The first-order valence-corrected chi connectivity index (χ1v) is 8.47. The first-order chi connectivity index (χ1) is 12.2. The van der Waals surface area contributed by atoms with Crippen molar-refractivity contribution in [3.05, 3.63) is 71.8 Å². The van der Waals surface area contributed by atoms with Gasteiger partial charge in [0.25, 0.3) is 0 Å². The molecule has 0 saturated heterocycles. The zero-order valence-corrected chi connectivity index (χ0v) is 14.9. The van der Waals surface area contributed by atoms with Crippen LogP contribution in [0.4, 0.5) is 0 Å². The number of aromatic nitrogens is 4. The Morgan fingerprint density at radius 2 is 1.92 bits per heavy atom. The Bertz CT molecular complexity index is 766. The van der Waals surface area contributed by atoms with Crippen molar-refractivity contribution in [2.24, 2.45) is 7.05 Å². The molecule has 0 aliphatic carbocycles. The summed E-state index contributed by atoms with van der Waals surface area (Å²) in [6, 6.07) is 10.6. The summed E-state index contributed by atoms with van der Waals surface area (Å²) < 4.78 is 9.06. The van der Waals surface area contributed by atoms with E-state index in [1.54, 1.807) is 7.11 Å². The van der Waals surface area contributed by atoms with E-state index in [0.717, 1.165) is 26.2 Å². The van der Waals surface area contributed by atoms with E-state index in [2.05, 4.69) is 45.6 Å². The highest BCUT2D eigenvalue weighted by Crippen LogP contribution is 2.12. The highest BCUT2D eigenvalue weighted by Gasteiger charge is 2.09. The largest absolute Gasteiger partial charge is 0.383 e. The Morgan fingerprint density at radius 1 is 1.08 bits per heavy atom. The van der Waals surface area contributed by atoms with Gasteiger partial charge in [0.1, 0.15) is 0 Å². The lowest BCUT2D eigenvalue weighted by Gasteiger charge is -2.21. The van der Waals surface area contributed by atoms with E-state index < -0.39 is 0 Å². The Morgan fingerprint density at radius 3 is 2.64 bits per heavy atom. The van der Waals surface area contributed by atoms with Crippen molar-refractivity contribution in [1.29, 1.82) is 0 Å². The predicted octanol–water partition coefficient (Wildman–Crippen LogP) is 2.31. The molecule has 0 N–H and O–H groups in total. The first kappa shape index (κ1) is 17.4. The molecule has 0 atom stereocenters. The molecular formula is C19H25N5O. The van der Waals surface area contributed by atoms with Crippen molar-refractivity contribution in [1.82, 2.24) is 24.5 Å². The van der Waals surface area contributed by atoms with Crippen LogP contribution in [0.5, 0.6) is 0 Å². The molecular weight excluding hydrogens is 314 g/mol. The summed E-state index contributed by atoms with van der Waals surface area (Å²) >= 11 is 0. The molecule has 1 aromatic carbocycles. The average molecular weight is 339 g/mol. The fourth-order valence-electron chi connectivity index (χ4n) is 2.91. The van der Waals surface area contributed by atoms with Gasteiger partial charge in [-0.1, -0.05) is 24.3 Å².